The maximum absolute atomic E-state index is 11.3. The predicted octanol–water partition coefficient (Wildman–Crippen LogP) is 3.79. The van der Waals surface area contributed by atoms with Gasteiger partial charge in [-0.3, -0.25) is 0 Å². The topological polar surface area (TPSA) is 67.7 Å². The second-order valence-corrected chi connectivity index (χ2v) is 7.42. The summed E-state index contributed by atoms with van der Waals surface area (Å²) in [5.41, 5.74) is 0.684. The fourth-order valence-electron chi connectivity index (χ4n) is 3.72. The Balaban J connectivity index is 1.60. The average molecular weight is 400 g/mol. The van der Waals surface area contributed by atoms with E-state index >= 15 is 0 Å². The lowest BCUT2D eigenvalue weighted by Gasteiger charge is -2.39. The summed E-state index contributed by atoms with van der Waals surface area (Å²) in [6.45, 7) is 1.34. The van der Waals surface area contributed by atoms with Crippen LogP contribution in [-0.4, -0.2) is 42.4 Å². The molecule has 0 aliphatic carbocycles. The van der Waals surface area contributed by atoms with E-state index in [0.29, 0.717) is 42.5 Å². The first-order valence-corrected chi connectivity index (χ1v) is 9.51. The van der Waals surface area contributed by atoms with Crippen LogP contribution in [0.4, 0.5) is 5.82 Å². The summed E-state index contributed by atoms with van der Waals surface area (Å²) in [7, 11) is 3.22. The van der Waals surface area contributed by atoms with Crippen LogP contribution in [0.5, 0.6) is 11.5 Å². The van der Waals surface area contributed by atoms with Gasteiger partial charge in [-0.1, -0.05) is 11.6 Å². The molecular weight excluding hydrogens is 378 g/mol. The zero-order chi connectivity index (χ0) is 19.7. The van der Waals surface area contributed by atoms with Gasteiger partial charge in [-0.25, -0.2) is 9.97 Å². The van der Waals surface area contributed by atoms with Crippen LogP contribution in [0.25, 0.3) is 10.9 Å². The number of aromatic nitrogens is 2. The lowest BCUT2D eigenvalue weighted by Crippen LogP contribution is -2.43. The SMILES string of the molecule is COc1cc(OC)cc(C2(O)CCN(c3ncnc4cc(Cl)ccc34)CC2)c1. The molecular formula is C21H22ClN3O3. The minimum atomic E-state index is -0.940. The predicted molar refractivity (Wildman–Crippen MR) is 109 cm³/mol. The number of piperidine rings is 1. The molecule has 0 saturated carbocycles. The number of ether oxygens (including phenoxy) is 2. The Kier molecular flexibility index (Phi) is 5.00. The smallest absolute Gasteiger partial charge is 0.139 e. The number of aliphatic hydroxyl groups is 1. The molecule has 6 nitrogen and oxygen atoms in total. The van der Waals surface area contributed by atoms with Gasteiger partial charge in [0.05, 0.1) is 25.3 Å². The minimum absolute atomic E-state index is 0.572. The molecule has 7 heteroatoms. The van der Waals surface area contributed by atoms with Crippen LogP contribution in [0.3, 0.4) is 0 Å². The van der Waals surface area contributed by atoms with E-state index in [4.69, 9.17) is 21.1 Å². The zero-order valence-electron chi connectivity index (χ0n) is 15.9. The van der Waals surface area contributed by atoms with Crippen molar-refractivity contribution in [3.05, 3.63) is 53.3 Å². The number of halogens is 1. The van der Waals surface area contributed by atoms with Crippen LogP contribution in [0.2, 0.25) is 5.02 Å². The second-order valence-electron chi connectivity index (χ2n) is 6.98. The Bertz CT molecular complexity index is 981. The molecule has 1 N–H and O–H groups in total. The fraction of sp³-hybridized carbons (Fsp3) is 0.333. The van der Waals surface area contributed by atoms with E-state index < -0.39 is 5.60 Å². The van der Waals surface area contributed by atoms with Crippen molar-refractivity contribution in [2.45, 2.75) is 18.4 Å². The third-order valence-corrected chi connectivity index (χ3v) is 5.59. The van der Waals surface area contributed by atoms with Crippen molar-refractivity contribution >= 4 is 28.3 Å². The highest BCUT2D eigenvalue weighted by atomic mass is 35.5. The van der Waals surface area contributed by atoms with Gasteiger partial charge in [0.2, 0.25) is 0 Å². The molecule has 0 atom stereocenters. The van der Waals surface area contributed by atoms with Gasteiger partial charge in [-0.05, 0) is 48.7 Å². The number of nitrogens with zero attached hydrogens (tertiary/aromatic N) is 3. The molecule has 0 unspecified atom stereocenters. The molecule has 1 aliphatic heterocycles. The molecule has 146 valence electrons. The summed E-state index contributed by atoms with van der Waals surface area (Å²) in [4.78, 5) is 11.0. The van der Waals surface area contributed by atoms with E-state index in [1.165, 1.54) is 0 Å². The number of benzene rings is 2. The van der Waals surface area contributed by atoms with Crippen molar-refractivity contribution in [2.75, 3.05) is 32.2 Å². The summed E-state index contributed by atoms with van der Waals surface area (Å²) in [5.74, 6) is 2.21. The maximum atomic E-state index is 11.3. The first-order chi connectivity index (χ1) is 13.5. The zero-order valence-corrected chi connectivity index (χ0v) is 16.6. The van der Waals surface area contributed by atoms with Gasteiger partial charge >= 0.3 is 0 Å². The van der Waals surface area contributed by atoms with Crippen molar-refractivity contribution in [3.8, 4) is 11.5 Å². The molecule has 0 spiro atoms. The molecule has 0 bridgehead atoms. The van der Waals surface area contributed by atoms with Gasteiger partial charge in [0.25, 0.3) is 0 Å². The normalized spacial score (nSPS) is 16.2. The quantitative estimate of drug-likeness (QED) is 0.720. The highest BCUT2D eigenvalue weighted by Crippen LogP contribution is 2.38. The van der Waals surface area contributed by atoms with Crippen LogP contribution in [0.15, 0.2) is 42.7 Å². The van der Waals surface area contributed by atoms with Crippen LogP contribution >= 0.6 is 11.6 Å². The molecule has 1 saturated heterocycles. The van der Waals surface area contributed by atoms with Gasteiger partial charge in [0, 0.05) is 29.6 Å². The van der Waals surface area contributed by atoms with Crippen molar-refractivity contribution < 1.29 is 14.6 Å². The highest BCUT2D eigenvalue weighted by Gasteiger charge is 2.35. The molecule has 1 aliphatic rings. The third kappa shape index (κ3) is 3.45. The van der Waals surface area contributed by atoms with Gasteiger partial charge in [0.1, 0.15) is 23.6 Å². The summed E-state index contributed by atoms with van der Waals surface area (Å²) in [6.07, 6.45) is 2.70. The Hall–Kier alpha value is -2.57. The first-order valence-electron chi connectivity index (χ1n) is 9.13. The lowest BCUT2D eigenvalue weighted by molar-refractivity contribution is 0.0113. The summed E-state index contributed by atoms with van der Waals surface area (Å²) < 4.78 is 10.7. The molecule has 2 aromatic carbocycles. The van der Waals surface area contributed by atoms with Gasteiger partial charge in [-0.15, -0.1) is 0 Å². The maximum Gasteiger partial charge on any atom is 0.139 e. The molecule has 3 aromatic rings. The Morgan fingerprint density at radius 2 is 1.68 bits per heavy atom. The van der Waals surface area contributed by atoms with Gasteiger partial charge in [-0.2, -0.15) is 0 Å². The standard InChI is InChI=1S/C21H22ClN3O3/c1-27-16-9-14(10-17(12-16)28-2)21(26)5-7-25(8-6-21)20-18-4-3-15(22)11-19(18)23-13-24-20/h3-4,9-13,26H,5-8H2,1-2H3. The van der Waals surface area contributed by atoms with E-state index in [1.54, 1.807) is 26.6 Å². The largest absolute Gasteiger partial charge is 0.497 e. The molecule has 0 amide bonds. The van der Waals surface area contributed by atoms with Crippen molar-refractivity contribution in [2.24, 2.45) is 0 Å². The Labute approximate surface area is 168 Å². The van der Waals surface area contributed by atoms with E-state index in [0.717, 1.165) is 22.3 Å². The average Bonchev–Trinajstić information content (AvgIpc) is 2.73. The molecule has 4 rings (SSSR count). The van der Waals surface area contributed by atoms with Crippen LogP contribution < -0.4 is 14.4 Å². The van der Waals surface area contributed by atoms with Gasteiger partial charge < -0.3 is 19.5 Å². The molecule has 28 heavy (non-hydrogen) atoms. The molecule has 0 radical (unpaired) electrons. The van der Waals surface area contributed by atoms with Crippen molar-refractivity contribution in [3.63, 3.8) is 0 Å². The lowest BCUT2D eigenvalue weighted by atomic mass is 9.84. The van der Waals surface area contributed by atoms with Crippen molar-refractivity contribution in [1.29, 1.82) is 0 Å². The van der Waals surface area contributed by atoms with Crippen LogP contribution in [0.1, 0.15) is 18.4 Å². The van der Waals surface area contributed by atoms with Crippen LogP contribution in [0, 0.1) is 0 Å². The number of methoxy groups -OCH3 is 2. The number of anilines is 1. The number of fused-ring (bicyclic) bond motifs is 1. The van der Waals surface area contributed by atoms with E-state index in [9.17, 15) is 5.11 Å². The van der Waals surface area contributed by atoms with E-state index in [1.807, 2.05) is 30.3 Å². The van der Waals surface area contributed by atoms with E-state index in [2.05, 4.69) is 14.9 Å². The number of hydrogen-bond acceptors (Lipinski definition) is 6. The molecule has 1 aromatic heterocycles. The Morgan fingerprint density at radius 1 is 1.00 bits per heavy atom. The summed E-state index contributed by atoms with van der Waals surface area (Å²) in [6, 6.07) is 11.2. The van der Waals surface area contributed by atoms with Crippen LogP contribution in [-0.2, 0) is 5.60 Å². The minimum Gasteiger partial charge on any atom is -0.497 e. The third-order valence-electron chi connectivity index (χ3n) is 5.36. The number of hydrogen-bond donors (Lipinski definition) is 1. The van der Waals surface area contributed by atoms with Crippen molar-refractivity contribution in [1.82, 2.24) is 9.97 Å². The molecule has 2 heterocycles. The monoisotopic (exact) mass is 399 g/mol. The Morgan fingerprint density at radius 3 is 2.32 bits per heavy atom. The first kappa shape index (κ1) is 18.8. The fourth-order valence-corrected chi connectivity index (χ4v) is 3.89. The van der Waals surface area contributed by atoms with Gasteiger partial charge in [0.15, 0.2) is 0 Å². The molecule has 1 fully saturated rings. The highest BCUT2D eigenvalue weighted by molar-refractivity contribution is 6.31. The second kappa shape index (κ2) is 7.45. The number of rotatable bonds is 4. The summed E-state index contributed by atoms with van der Waals surface area (Å²) in [5, 5.41) is 12.9. The van der Waals surface area contributed by atoms with E-state index in [-0.39, 0.29) is 0 Å². The summed E-state index contributed by atoms with van der Waals surface area (Å²) >= 11 is 6.08.